The number of ether oxygens (including phenoxy) is 3. The van der Waals surface area contributed by atoms with Gasteiger partial charge in [-0.25, -0.2) is 0 Å². The van der Waals surface area contributed by atoms with E-state index in [2.05, 4.69) is 0 Å². The molecule has 0 spiro atoms. The topological polar surface area (TPSA) is 85.2 Å². The highest BCUT2D eigenvalue weighted by molar-refractivity contribution is 5.69. The third-order valence-electron chi connectivity index (χ3n) is 4.69. The van der Waals surface area contributed by atoms with Gasteiger partial charge >= 0.3 is 5.97 Å². The lowest BCUT2D eigenvalue weighted by atomic mass is 9.73. The van der Waals surface area contributed by atoms with Gasteiger partial charge in [-0.05, 0) is 41.8 Å². The average molecular weight is 360 g/mol. The van der Waals surface area contributed by atoms with Crippen LogP contribution in [0.5, 0.6) is 23.0 Å². The van der Waals surface area contributed by atoms with Crippen molar-refractivity contribution in [1.82, 2.24) is 0 Å². The minimum atomic E-state index is -0.601. The van der Waals surface area contributed by atoms with Gasteiger partial charge in [0.05, 0.1) is 21.3 Å². The summed E-state index contributed by atoms with van der Waals surface area (Å²) in [6, 6.07) is 10.2. The van der Waals surface area contributed by atoms with E-state index >= 15 is 0 Å². The molecule has 0 saturated carbocycles. The number of carbonyl (C=O) groups excluding carboxylic acids is 1. The number of benzene rings is 2. The molecule has 2 aromatic carbocycles. The highest BCUT2D eigenvalue weighted by Gasteiger charge is 2.31. The van der Waals surface area contributed by atoms with E-state index in [0.29, 0.717) is 17.9 Å². The first-order valence-corrected chi connectivity index (χ1v) is 8.17. The number of carbonyl (C=O) groups is 1. The van der Waals surface area contributed by atoms with Crippen LogP contribution in [0.3, 0.4) is 0 Å². The van der Waals surface area contributed by atoms with Crippen LogP contribution >= 0.6 is 0 Å². The first kappa shape index (κ1) is 19.4. The van der Waals surface area contributed by atoms with Crippen molar-refractivity contribution in [1.29, 1.82) is 0 Å². The molecule has 0 bridgehead atoms. The number of methoxy groups -OCH3 is 3. The minimum absolute atomic E-state index is 0.0369. The zero-order valence-corrected chi connectivity index (χ0v) is 15.4. The lowest BCUT2D eigenvalue weighted by molar-refractivity contribution is -0.140. The third kappa shape index (κ3) is 3.85. The number of phenols is 2. The predicted molar refractivity (Wildman–Crippen MR) is 97.0 cm³/mol. The Morgan fingerprint density at radius 1 is 0.923 bits per heavy atom. The minimum Gasteiger partial charge on any atom is -0.504 e. The van der Waals surface area contributed by atoms with Gasteiger partial charge in [-0.15, -0.1) is 0 Å². The summed E-state index contributed by atoms with van der Waals surface area (Å²) in [6.45, 7) is 1.98. The predicted octanol–water partition coefficient (Wildman–Crippen LogP) is 3.37. The van der Waals surface area contributed by atoms with Gasteiger partial charge in [0.25, 0.3) is 0 Å². The summed E-state index contributed by atoms with van der Waals surface area (Å²) in [5.41, 5.74) is 1.10. The van der Waals surface area contributed by atoms with Crippen LogP contribution in [-0.4, -0.2) is 37.5 Å². The summed E-state index contributed by atoms with van der Waals surface area (Å²) < 4.78 is 15.2. The molecule has 2 rings (SSSR count). The van der Waals surface area contributed by atoms with E-state index < -0.39 is 5.41 Å². The first-order valence-electron chi connectivity index (χ1n) is 8.17. The molecule has 0 amide bonds. The Hall–Kier alpha value is -2.89. The van der Waals surface area contributed by atoms with E-state index in [4.69, 9.17) is 14.2 Å². The normalized spacial score (nSPS) is 11.1. The molecule has 0 unspecified atom stereocenters. The van der Waals surface area contributed by atoms with Crippen molar-refractivity contribution in [3.05, 3.63) is 47.5 Å². The SMILES string of the molecule is COC(=O)CCC(C)(c1ccc(O)c(OC)c1)c1ccc(O)c(OC)c1. The lowest BCUT2D eigenvalue weighted by Gasteiger charge is -2.31. The van der Waals surface area contributed by atoms with Crippen LogP contribution in [0.1, 0.15) is 30.9 Å². The molecule has 0 heterocycles. The highest BCUT2D eigenvalue weighted by Crippen LogP contribution is 2.42. The molecule has 0 aliphatic rings. The Morgan fingerprint density at radius 2 is 1.38 bits per heavy atom. The second kappa shape index (κ2) is 7.99. The first-order chi connectivity index (χ1) is 12.3. The quantitative estimate of drug-likeness (QED) is 0.737. The summed E-state index contributed by atoms with van der Waals surface area (Å²) in [4.78, 5) is 11.7. The molecule has 2 aromatic rings. The van der Waals surface area contributed by atoms with E-state index in [-0.39, 0.29) is 23.9 Å². The summed E-state index contributed by atoms with van der Waals surface area (Å²) in [6.07, 6.45) is 0.668. The lowest BCUT2D eigenvalue weighted by Crippen LogP contribution is -2.25. The van der Waals surface area contributed by atoms with Crippen molar-refractivity contribution < 1.29 is 29.2 Å². The van der Waals surface area contributed by atoms with Crippen molar-refractivity contribution in [2.45, 2.75) is 25.2 Å². The van der Waals surface area contributed by atoms with E-state index in [1.165, 1.54) is 21.3 Å². The van der Waals surface area contributed by atoms with E-state index in [9.17, 15) is 15.0 Å². The molecular weight excluding hydrogens is 336 g/mol. The van der Waals surface area contributed by atoms with Crippen LogP contribution in [-0.2, 0) is 14.9 Å². The maximum Gasteiger partial charge on any atom is 0.305 e. The Bertz CT molecular complexity index is 730. The molecule has 26 heavy (non-hydrogen) atoms. The molecule has 0 aliphatic carbocycles. The zero-order chi connectivity index (χ0) is 19.3. The monoisotopic (exact) mass is 360 g/mol. The van der Waals surface area contributed by atoms with Crippen LogP contribution < -0.4 is 9.47 Å². The Kier molecular flexibility index (Phi) is 5.97. The molecule has 2 N–H and O–H groups in total. The fourth-order valence-electron chi connectivity index (χ4n) is 2.95. The van der Waals surface area contributed by atoms with Crippen LogP contribution in [0.15, 0.2) is 36.4 Å². The molecule has 140 valence electrons. The third-order valence-corrected chi connectivity index (χ3v) is 4.69. The molecule has 6 nitrogen and oxygen atoms in total. The van der Waals surface area contributed by atoms with Gasteiger partial charge in [0.1, 0.15) is 0 Å². The van der Waals surface area contributed by atoms with Crippen LogP contribution in [0.4, 0.5) is 0 Å². The maximum atomic E-state index is 11.7. The van der Waals surface area contributed by atoms with Crippen LogP contribution in [0.2, 0.25) is 0 Å². The smallest absolute Gasteiger partial charge is 0.305 e. The van der Waals surface area contributed by atoms with Crippen LogP contribution in [0, 0.1) is 0 Å². The number of rotatable bonds is 7. The van der Waals surface area contributed by atoms with Crippen molar-refractivity contribution >= 4 is 5.97 Å². The molecule has 0 aliphatic heterocycles. The van der Waals surface area contributed by atoms with Crippen molar-refractivity contribution in [2.75, 3.05) is 21.3 Å². The highest BCUT2D eigenvalue weighted by atomic mass is 16.5. The maximum absolute atomic E-state index is 11.7. The standard InChI is InChI=1S/C20H24O6/c1-20(10-9-19(23)26-4,13-5-7-15(21)17(11-13)24-2)14-6-8-16(22)18(12-14)25-3/h5-8,11-12,21-22H,9-10H2,1-4H3. The second-order valence-corrected chi connectivity index (χ2v) is 6.18. The number of hydrogen-bond acceptors (Lipinski definition) is 6. The fraction of sp³-hybridized carbons (Fsp3) is 0.350. The fourth-order valence-corrected chi connectivity index (χ4v) is 2.95. The molecule has 0 aromatic heterocycles. The van der Waals surface area contributed by atoms with Gasteiger partial charge in [-0.2, -0.15) is 0 Å². The second-order valence-electron chi connectivity index (χ2n) is 6.18. The van der Waals surface area contributed by atoms with Crippen LogP contribution in [0.25, 0.3) is 0 Å². The average Bonchev–Trinajstić information content (AvgIpc) is 2.66. The summed E-state index contributed by atoms with van der Waals surface area (Å²) in [5, 5.41) is 19.8. The summed E-state index contributed by atoms with van der Waals surface area (Å²) in [5.74, 6) is 0.451. The van der Waals surface area contributed by atoms with Gasteiger partial charge in [0.15, 0.2) is 23.0 Å². The largest absolute Gasteiger partial charge is 0.504 e. The van der Waals surface area contributed by atoms with Crippen molar-refractivity contribution in [3.63, 3.8) is 0 Å². The molecule has 0 fully saturated rings. The Labute approximate surface area is 152 Å². The van der Waals surface area contributed by atoms with E-state index in [0.717, 1.165) is 11.1 Å². The molecular formula is C20H24O6. The van der Waals surface area contributed by atoms with E-state index in [1.54, 1.807) is 36.4 Å². The number of aromatic hydroxyl groups is 2. The van der Waals surface area contributed by atoms with Crippen molar-refractivity contribution in [3.8, 4) is 23.0 Å². The van der Waals surface area contributed by atoms with Gasteiger partial charge in [0, 0.05) is 11.8 Å². The van der Waals surface area contributed by atoms with Gasteiger partial charge in [-0.3, -0.25) is 4.79 Å². The molecule has 0 atom stereocenters. The van der Waals surface area contributed by atoms with Crippen molar-refractivity contribution in [2.24, 2.45) is 0 Å². The molecule has 0 radical (unpaired) electrons. The van der Waals surface area contributed by atoms with Gasteiger partial charge < -0.3 is 24.4 Å². The zero-order valence-electron chi connectivity index (χ0n) is 15.4. The Morgan fingerprint density at radius 3 is 1.77 bits per heavy atom. The van der Waals surface area contributed by atoms with Gasteiger partial charge in [-0.1, -0.05) is 19.1 Å². The number of esters is 1. The van der Waals surface area contributed by atoms with E-state index in [1.807, 2.05) is 6.92 Å². The summed E-state index contributed by atoms with van der Waals surface area (Å²) >= 11 is 0. The number of hydrogen-bond donors (Lipinski definition) is 2. The van der Waals surface area contributed by atoms with Gasteiger partial charge in [0.2, 0.25) is 0 Å². The molecule has 6 heteroatoms. The Balaban J connectivity index is 2.57. The summed E-state index contributed by atoms with van der Waals surface area (Å²) in [7, 11) is 4.31. The molecule has 0 saturated heterocycles. The number of phenolic OH excluding ortho intramolecular Hbond substituents is 2.